The van der Waals surface area contributed by atoms with Gasteiger partial charge in [0.2, 0.25) is 0 Å². The van der Waals surface area contributed by atoms with Crippen LogP contribution in [0.1, 0.15) is 0 Å². The lowest BCUT2D eigenvalue weighted by Crippen LogP contribution is -1.64. The zero-order valence-electron chi connectivity index (χ0n) is 4.27. The summed E-state index contributed by atoms with van der Waals surface area (Å²) in [5.41, 5.74) is 0. The first-order valence-electron chi connectivity index (χ1n) is 2.09. The zero-order valence-corrected chi connectivity index (χ0v) is 5.09. The second-order valence-electron chi connectivity index (χ2n) is 1.02. The Hall–Kier alpha value is 0.155. The van der Waals surface area contributed by atoms with E-state index >= 15 is 0 Å². The first-order valence-corrected chi connectivity index (χ1v) is 3.38. The van der Waals surface area contributed by atoms with E-state index in [0.717, 1.165) is 7.28 Å². The lowest BCUT2D eigenvalue weighted by molar-refractivity contribution is 2.24. The Morgan fingerprint density at radius 3 is 2.50 bits per heavy atom. The van der Waals surface area contributed by atoms with E-state index in [4.69, 9.17) is 0 Å². The van der Waals surface area contributed by atoms with Gasteiger partial charge in [-0.1, -0.05) is 6.82 Å². The van der Waals surface area contributed by atoms with E-state index in [-0.39, 0.29) is 0 Å². The molecule has 0 heterocycles. The van der Waals surface area contributed by atoms with E-state index < -0.39 is 0 Å². The molecule has 0 amide bonds. The molecule has 0 aromatic carbocycles. The molecule has 6 heavy (non-hydrogen) atoms. The third-order valence-electron chi connectivity index (χ3n) is 0.468. The van der Waals surface area contributed by atoms with Crippen LogP contribution in [0.5, 0.6) is 0 Å². The molecular weight excluding hydrogens is 90.9 g/mol. The highest BCUT2D eigenvalue weighted by atomic mass is 32.2. The minimum absolute atomic E-state index is 1.15. The Labute approximate surface area is 44.3 Å². The molecule has 0 aliphatic heterocycles. The Kier molecular flexibility index (Phi) is 5.29. The summed E-state index contributed by atoms with van der Waals surface area (Å²) in [6, 6.07) is 0. The van der Waals surface area contributed by atoms with Crippen molar-refractivity contribution in [2.45, 2.75) is 6.82 Å². The van der Waals surface area contributed by atoms with Crippen molar-refractivity contribution in [1.82, 2.24) is 0 Å². The SMILES string of the molecule is CB/C=C/SC. The van der Waals surface area contributed by atoms with Gasteiger partial charge in [0.1, 0.15) is 7.28 Å². The van der Waals surface area contributed by atoms with Gasteiger partial charge < -0.3 is 0 Å². The van der Waals surface area contributed by atoms with Gasteiger partial charge >= 0.3 is 0 Å². The van der Waals surface area contributed by atoms with Gasteiger partial charge in [-0.05, 0) is 11.7 Å². The molecule has 0 bridgehead atoms. The van der Waals surface area contributed by atoms with Crippen molar-refractivity contribution < 1.29 is 0 Å². The maximum Gasteiger partial charge on any atom is 0.145 e. The zero-order chi connectivity index (χ0) is 4.83. The average molecular weight is 100.0 g/mol. The Morgan fingerprint density at radius 1 is 1.67 bits per heavy atom. The summed E-state index contributed by atoms with van der Waals surface area (Å²) < 4.78 is 0. The van der Waals surface area contributed by atoms with Crippen LogP contribution in [0, 0.1) is 0 Å². The summed E-state index contributed by atoms with van der Waals surface area (Å²) >= 11 is 1.75. The van der Waals surface area contributed by atoms with Crippen molar-refractivity contribution in [1.29, 1.82) is 0 Å². The minimum atomic E-state index is 1.15. The van der Waals surface area contributed by atoms with Crippen molar-refractivity contribution in [2.24, 2.45) is 0 Å². The molecule has 0 aliphatic carbocycles. The highest BCUT2D eigenvalue weighted by Gasteiger charge is 1.63. The molecule has 0 aromatic rings. The molecule has 2 heteroatoms. The second kappa shape index (κ2) is 5.15. The van der Waals surface area contributed by atoms with E-state index in [1.807, 2.05) is 0 Å². The van der Waals surface area contributed by atoms with Gasteiger partial charge in [0.15, 0.2) is 0 Å². The largest absolute Gasteiger partial charge is 0.145 e. The van der Waals surface area contributed by atoms with E-state index in [1.54, 1.807) is 11.8 Å². The fraction of sp³-hybridized carbons (Fsp3) is 0.500. The number of hydrogen-bond acceptors (Lipinski definition) is 1. The molecule has 0 atom stereocenters. The summed E-state index contributed by atoms with van der Waals surface area (Å²) in [6.45, 7) is 2.13. The fourth-order valence-corrected chi connectivity index (χ4v) is 0.577. The lowest BCUT2D eigenvalue weighted by atomic mass is 9.84. The number of thioether (sulfide) groups is 1. The molecule has 0 saturated heterocycles. The smallest absolute Gasteiger partial charge is 0.139 e. The van der Waals surface area contributed by atoms with Crippen LogP contribution in [0.3, 0.4) is 0 Å². The van der Waals surface area contributed by atoms with Crippen LogP contribution in [0.4, 0.5) is 0 Å². The van der Waals surface area contributed by atoms with Crippen LogP contribution in [0.2, 0.25) is 6.82 Å². The van der Waals surface area contributed by atoms with Crippen LogP contribution in [0.15, 0.2) is 11.4 Å². The monoisotopic (exact) mass is 100 g/mol. The molecule has 0 spiro atoms. The second-order valence-corrected chi connectivity index (χ2v) is 1.76. The van der Waals surface area contributed by atoms with Gasteiger partial charge in [-0.25, -0.2) is 0 Å². The topological polar surface area (TPSA) is 0 Å². The van der Waals surface area contributed by atoms with Crippen molar-refractivity contribution in [3.05, 3.63) is 11.4 Å². The molecule has 0 rings (SSSR count). The maximum atomic E-state index is 2.14. The molecule has 0 saturated carbocycles. The van der Waals surface area contributed by atoms with Gasteiger partial charge in [0.25, 0.3) is 0 Å². The Bertz CT molecular complexity index is 36.8. The highest BCUT2D eigenvalue weighted by molar-refractivity contribution is 8.01. The van der Waals surface area contributed by atoms with Crippen molar-refractivity contribution in [3.63, 3.8) is 0 Å². The third kappa shape index (κ3) is 4.15. The summed E-state index contributed by atoms with van der Waals surface area (Å²) in [5.74, 6) is 2.14. The molecule has 0 aromatic heterocycles. The van der Waals surface area contributed by atoms with Gasteiger partial charge in [-0.3, -0.25) is 0 Å². The standard InChI is InChI=1S/C4H9BS/c1-5-3-4-6-2/h3-5H,1-2H3/b4-3+. The van der Waals surface area contributed by atoms with Gasteiger partial charge in [-0.15, -0.1) is 17.7 Å². The van der Waals surface area contributed by atoms with E-state index in [1.165, 1.54) is 0 Å². The lowest BCUT2D eigenvalue weighted by Gasteiger charge is -1.71. The fourth-order valence-electron chi connectivity index (χ4n) is 0.192. The van der Waals surface area contributed by atoms with Crippen LogP contribution in [-0.2, 0) is 0 Å². The van der Waals surface area contributed by atoms with Gasteiger partial charge in [-0.2, -0.15) is 0 Å². The van der Waals surface area contributed by atoms with Crippen molar-refractivity contribution in [2.75, 3.05) is 6.26 Å². The van der Waals surface area contributed by atoms with Crippen LogP contribution < -0.4 is 0 Å². The first-order chi connectivity index (χ1) is 2.91. The molecule has 0 nitrogen and oxygen atoms in total. The van der Waals surface area contributed by atoms with Crippen molar-refractivity contribution >= 4 is 19.0 Å². The molecular formula is C4H9BS. The predicted octanol–water partition coefficient (Wildman–Crippen LogP) is 1.31. The highest BCUT2D eigenvalue weighted by Crippen LogP contribution is 1.90. The quantitative estimate of drug-likeness (QED) is 0.471. The van der Waals surface area contributed by atoms with Gasteiger partial charge in [0, 0.05) is 0 Å². The maximum absolute atomic E-state index is 2.14. The Balaban J connectivity index is 2.73. The molecule has 0 radical (unpaired) electrons. The summed E-state index contributed by atoms with van der Waals surface area (Å²) in [4.78, 5) is 0. The molecule has 0 fully saturated rings. The first kappa shape index (κ1) is 6.15. The van der Waals surface area contributed by atoms with Crippen LogP contribution >= 0.6 is 11.8 Å². The van der Waals surface area contributed by atoms with Crippen LogP contribution in [-0.4, -0.2) is 13.5 Å². The van der Waals surface area contributed by atoms with Crippen molar-refractivity contribution in [3.8, 4) is 0 Å². The Morgan fingerprint density at radius 2 is 2.33 bits per heavy atom. The van der Waals surface area contributed by atoms with Gasteiger partial charge in [0.05, 0.1) is 0 Å². The predicted molar refractivity (Wildman–Crippen MR) is 35.7 cm³/mol. The minimum Gasteiger partial charge on any atom is -0.139 e. The normalized spacial score (nSPS) is 9.67. The average Bonchev–Trinajstić information content (AvgIpc) is 1.61. The number of hydrogen-bond donors (Lipinski definition) is 0. The van der Waals surface area contributed by atoms with E-state index in [2.05, 4.69) is 24.5 Å². The molecule has 0 unspecified atom stereocenters. The molecule has 34 valence electrons. The summed E-state index contributed by atoms with van der Waals surface area (Å²) in [6.07, 6.45) is 2.06. The van der Waals surface area contributed by atoms with E-state index in [0.29, 0.717) is 0 Å². The van der Waals surface area contributed by atoms with E-state index in [9.17, 15) is 0 Å². The number of rotatable bonds is 2. The summed E-state index contributed by atoms with van der Waals surface area (Å²) in [5, 5.41) is 2.10. The van der Waals surface area contributed by atoms with Crippen LogP contribution in [0.25, 0.3) is 0 Å². The summed E-state index contributed by atoms with van der Waals surface area (Å²) in [7, 11) is 1.15. The molecule has 0 N–H and O–H groups in total. The third-order valence-corrected chi connectivity index (χ3v) is 0.933. The molecule has 0 aliphatic rings.